The summed E-state index contributed by atoms with van der Waals surface area (Å²) in [5, 5.41) is 0. The van der Waals surface area contributed by atoms with Crippen molar-refractivity contribution in [3.05, 3.63) is 76.4 Å². The Hall–Kier alpha value is -2.36. The summed E-state index contributed by atoms with van der Waals surface area (Å²) in [6.45, 7) is 5.10. The van der Waals surface area contributed by atoms with E-state index < -0.39 is 0 Å². The molecule has 1 aliphatic heterocycles. The molecule has 1 saturated heterocycles. The van der Waals surface area contributed by atoms with Gasteiger partial charge in [0, 0.05) is 19.6 Å². The summed E-state index contributed by atoms with van der Waals surface area (Å²) in [4.78, 5) is 14.0. The lowest BCUT2D eigenvalue weighted by atomic mass is 9.86. The number of nitrogens with zero attached hydrogens (tertiary/aromatic N) is 1. The quantitative estimate of drug-likeness (QED) is 0.537. The summed E-state index contributed by atoms with van der Waals surface area (Å²) in [5.74, 6) is -0.0932. The van der Waals surface area contributed by atoms with Gasteiger partial charge in [-0.05, 0) is 47.6 Å². The number of carbonyl (C=O) groups is 1. The van der Waals surface area contributed by atoms with Gasteiger partial charge in [-0.1, -0.05) is 66.3 Å². The Morgan fingerprint density at radius 2 is 1.48 bits per heavy atom. The van der Waals surface area contributed by atoms with Crippen molar-refractivity contribution in [1.82, 2.24) is 4.90 Å². The molecule has 0 amide bonds. The second-order valence-corrected chi connectivity index (χ2v) is 7.38. The van der Waals surface area contributed by atoms with E-state index in [9.17, 15) is 4.79 Å². The van der Waals surface area contributed by atoms with Crippen molar-refractivity contribution in [2.45, 2.75) is 26.2 Å². The summed E-state index contributed by atoms with van der Waals surface area (Å²) in [7, 11) is 0. The third-order valence-electron chi connectivity index (χ3n) is 5.65. The number of rotatable bonds is 4. The lowest BCUT2D eigenvalue weighted by Gasteiger charge is -2.30. The van der Waals surface area contributed by atoms with Gasteiger partial charge < -0.3 is 9.64 Å². The van der Waals surface area contributed by atoms with Crippen molar-refractivity contribution in [3.63, 3.8) is 0 Å². The zero-order valence-corrected chi connectivity index (χ0v) is 17.7. The summed E-state index contributed by atoms with van der Waals surface area (Å²) in [6.07, 6.45) is 7.03. The van der Waals surface area contributed by atoms with E-state index in [1.165, 1.54) is 33.4 Å². The minimum absolute atomic E-state index is 0. The Bertz CT molecular complexity index is 870. The number of piperidine rings is 1. The lowest BCUT2D eigenvalue weighted by molar-refractivity contribution is -0.143. The first kappa shape index (κ1) is 21.4. The van der Waals surface area contributed by atoms with Gasteiger partial charge in [0.15, 0.2) is 0 Å². The van der Waals surface area contributed by atoms with Crippen molar-refractivity contribution < 1.29 is 9.53 Å². The SMILES string of the molecule is CCOC(=O)CCN1CCC(=C2c3ccccc3C=Cc3ccccc32)CC1.Cl. The highest BCUT2D eigenvalue weighted by Gasteiger charge is 2.22. The minimum atomic E-state index is -0.0932. The molecule has 4 rings (SSSR count). The number of likely N-dealkylation sites (tertiary alicyclic amines) is 1. The first-order valence-electron chi connectivity index (χ1n) is 10.2. The van der Waals surface area contributed by atoms with Gasteiger partial charge in [0.2, 0.25) is 0 Å². The number of esters is 1. The van der Waals surface area contributed by atoms with Crippen LogP contribution in [0.3, 0.4) is 0 Å². The van der Waals surface area contributed by atoms with E-state index in [1.807, 2.05) is 6.92 Å². The van der Waals surface area contributed by atoms with E-state index in [0.29, 0.717) is 13.0 Å². The monoisotopic (exact) mass is 409 g/mol. The zero-order valence-electron chi connectivity index (χ0n) is 16.9. The van der Waals surface area contributed by atoms with Crippen LogP contribution < -0.4 is 0 Å². The maximum absolute atomic E-state index is 11.6. The second kappa shape index (κ2) is 9.91. The highest BCUT2D eigenvalue weighted by molar-refractivity contribution is 5.94. The Kier molecular flexibility index (Phi) is 7.29. The molecule has 29 heavy (non-hydrogen) atoms. The van der Waals surface area contributed by atoms with Crippen LogP contribution in [0.5, 0.6) is 0 Å². The molecule has 0 spiro atoms. The number of ether oxygens (including phenoxy) is 1. The smallest absolute Gasteiger partial charge is 0.307 e. The number of halogens is 1. The number of hydrogen-bond donors (Lipinski definition) is 0. The van der Waals surface area contributed by atoms with E-state index in [1.54, 1.807) is 0 Å². The third-order valence-corrected chi connectivity index (χ3v) is 5.65. The van der Waals surface area contributed by atoms with Gasteiger partial charge in [-0.3, -0.25) is 4.79 Å². The van der Waals surface area contributed by atoms with Crippen LogP contribution in [0.2, 0.25) is 0 Å². The van der Waals surface area contributed by atoms with E-state index in [-0.39, 0.29) is 18.4 Å². The summed E-state index contributed by atoms with van der Waals surface area (Å²) < 4.78 is 5.06. The van der Waals surface area contributed by atoms with Gasteiger partial charge in [-0.25, -0.2) is 0 Å². The molecule has 2 aromatic rings. The van der Waals surface area contributed by atoms with Gasteiger partial charge in [-0.2, -0.15) is 0 Å². The van der Waals surface area contributed by atoms with Crippen LogP contribution >= 0.6 is 12.4 Å². The van der Waals surface area contributed by atoms with Gasteiger partial charge in [-0.15, -0.1) is 12.4 Å². The Labute approximate surface area is 179 Å². The molecule has 0 saturated carbocycles. The number of benzene rings is 2. The predicted octanol–water partition coefficient (Wildman–Crippen LogP) is 5.44. The molecule has 0 aromatic heterocycles. The summed E-state index contributed by atoms with van der Waals surface area (Å²) >= 11 is 0. The normalized spacial score (nSPS) is 15.8. The third kappa shape index (κ3) is 4.80. The topological polar surface area (TPSA) is 29.5 Å². The maximum Gasteiger partial charge on any atom is 0.307 e. The molecule has 0 bridgehead atoms. The van der Waals surface area contributed by atoms with Crippen molar-refractivity contribution in [2.24, 2.45) is 0 Å². The average Bonchev–Trinajstić information content (AvgIpc) is 2.90. The molecule has 0 unspecified atom stereocenters. The van der Waals surface area contributed by atoms with Gasteiger partial charge in [0.05, 0.1) is 13.0 Å². The standard InChI is InChI=1S/C25H27NO2.ClH/c1-2-28-24(27)15-18-26-16-13-21(14-17-26)25-22-9-5-3-7-19(22)11-12-20-8-4-6-10-23(20)25;/h3-12H,2,13-18H2,1H3;1H. The van der Waals surface area contributed by atoms with Crippen LogP contribution in [0, 0.1) is 0 Å². The molecule has 2 aromatic carbocycles. The molecule has 1 fully saturated rings. The van der Waals surface area contributed by atoms with Crippen LogP contribution in [-0.4, -0.2) is 37.1 Å². The molecule has 4 heteroatoms. The van der Waals surface area contributed by atoms with Crippen molar-refractivity contribution in [1.29, 1.82) is 0 Å². The molecule has 3 nitrogen and oxygen atoms in total. The van der Waals surface area contributed by atoms with Gasteiger partial charge >= 0.3 is 5.97 Å². The van der Waals surface area contributed by atoms with Crippen LogP contribution in [0.4, 0.5) is 0 Å². The molecular weight excluding hydrogens is 382 g/mol. The van der Waals surface area contributed by atoms with Crippen LogP contribution in [0.25, 0.3) is 17.7 Å². The molecule has 0 atom stereocenters. The fourth-order valence-electron chi connectivity index (χ4n) is 4.22. The largest absolute Gasteiger partial charge is 0.466 e. The maximum atomic E-state index is 11.6. The molecule has 0 N–H and O–H groups in total. The number of carbonyl (C=O) groups excluding carboxylic acids is 1. The molecule has 1 heterocycles. The molecule has 1 aliphatic carbocycles. The van der Waals surface area contributed by atoms with Gasteiger partial charge in [0.1, 0.15) is 0 Å². The molecule has 2 aliphatic rings. The predicted molar refractivity (Wildman–Crippen MR) is 122 cm³/mol. The fourth-order valence-corrected chi connectivity index (χ4v) is 4.22. The van der Waals surface area contributed by atoms with Crippen molar-refractivity contribution in [2.75, 3.05) is 26.2 Å². The van der Waals surface area contributed by atoms with Crippen LogP contribution in [0.1, 0.15) is 48.4 Å². The van der Waals surface area contributed by atoms with E-state index >= 15 is 0 Å². The van der Waals surface area contributed by atoms with Crippen molar-refractivity contribution in [3.8, 4) is 0 Å². The molecular formula is C25H28ClNO2. The average molecular weight is 410 g/mol. The van der Waals surface area contributed by atoms with Crippen molar-refractivity contribution >= 4 is 36.1 Å². The lowest BCUT2D eigenvalue weighted by Crippen LogP contribution is -2.33. The van der Waals surface area contributed by atoms with E-state index in [4.69, 9.17) is 4.74 Å². The second-order valence-electron chi connectivity index (χ2n) is 7.38. The molecule has 152 valence electrons. The van der Waals surface area contributed by atoms with Crippen LogP contribution in [-0.2, 0) is 9.53 Å². The molecule has 0 radical (unpaired) electrons. The Balaban J connectivity index is 0.00000240. The Morgan fingerprint density at radius 3 is 2.03 bits per heavy atom. The van der Waals surface area contributed by atoms with Crippen LogP contribution in [0.15, 0.2) is 54.1 Å². The van der Waals surface area contributed by atoms with Gasteiger partial charge in [0.25, 0.3) is 0 Å². The minimum Gasteiger partial charge on any atom is -0.466 e. The fraction of sp³-hybridized carbons (Fsp3) is 0.320. The highest BCUT2D eigenvalue weighted by atomic mass is 35.5. The summed E-state index contributed by atoms with van der Waals surface area (Å²) in [5.41, 5.74) is 8.16. The number of fused-ring (bicyclic) bond motifs is 2. The first-order chi connectivity index (χ1) is 13.8. The first-order valence-corrected chi connectivity index (χ1v) is 10.2. The van der Waals surface area contributed by atoms with E-state index in [0.717, 1.165) is 32.5 Å². The zero-order chi connectivity index (χ0) is 19.3. The Morgan fingerprint density at radius 1 is 0.931 bits per heavy atom. The highest BCUT2D eigenvalue weighted by Crippen LogP contribution is 2.38. The van der Waals surface area contributed by atoms with E-state index in [2.05, 4.69) is 65.6 Å². The summed E-state index contributed by atoms with van der Waals surface area (Å²) in [6, 6.07) is 17.4. The number of hydrogen-bond acceptors (Lipinski definition) is 3.